The van der Waals surface area contributed by atoms with Gasteiger partial charge in [0.15, 0.2) is 0 Å². The number of nitrogens with zero attached hydrogens (tertiary/aromatic N) is 7. The highest BCUT2D eigenvalue weighted by atomic mass is 16.5. The number of hydrogen-bond acceptors (Lipinski definition) is 11. The second kappa shape index (κ2) is 18.6. The number of carbonyl (C=O) groups excluding carboxylic acids is 1. The van der Waals surface area contributed by atoms with Crippen molar-refractivity contribution >= 4 is 22.5 Å². The van der Waals surface area contributed by atoms with E-state index < -0.39 is 0 Å². The Morgan fingerprint density at radius 2 is 1.75 bits per heavy atom. The molecule has 1 saturated carbocycles. The molecule has 1 aliphatic carbocycles. The van der Waals surface area contributed by atoms with Crippen molar-refractivity contribution in [3.8, 4) is 24.4 Å². The van der Waals surface area contributed by atoms with E-state index in [1.165, 1.54) is 6.92 Å². The van der Waals surface area contributed by atoms with Crippen LogP contribution >= 0.6 is 0 Å². The molecule has 56 heavy (non-hydrogen) atoms. The van der Waals surface area contributed by atoms with E-state index in [0.717, 1.165) is 117 Å². The van der Waals surface area contributed by atoms with Crippen molar-refractivity contribution in [2.45, 2.75) is 57.8 Å². The number of likely N-dealkylation sites (tertiary alicyclic amines) is 1. The van der Waals surface area contributed by atoms with E-state index in [0.29, 0.717) is 57.9 Å². The van der Waals surface area contributed by atoms with Crippen LogP contribution in [0.15, 0.2) is 48.6 Å². The molecule has 0 radical (unpaired) electrons. The van der Waals surface area contributed by atoms with Gasteiger partial charge < -0.3 is 28.7 Å². The summed E-state index contributed by atoms with van der Waals surface area (Å²) < 4.78 is 24.2. The number of piperazine rings is 1. The van der Waals surface area contributed by atoms with Gasteiger partial charge in [0.25, 0.3) is 0 Å². The zero-order chi connectivity index (χ0) is 38.9. The van der Waals surface area contributed by atoms with Gasteiger partial charge in [0.05, 0.1) is 50.4 Å². The van der Waals surface area contributed by atoms with Gasteiger partial charge in [0.2, 0.25) is 5.91 Å². The molecule has 1 atom stereocenters. The molecule has 3 aromatic rings. The summed E-state index contributed by atoms with van der Waals surface area (Å²) >= 11 is 0. The predicted octanol–water partition coefficient (Wildman–Crippen LogP) is 4.76. The van der Waals surface area contributed by atoms with Crippen LogP contribution in [0.5, 0.6) is 6.01 Å². The molecule has 8 rings (SSSR count). The number of aromatic nitrogens is 2. The SMILES string of the molecule is C#Cc1cccc2cccc(C3Cc4nc(OCC5(CN6CCOCC6)CC5)nc(N5CCN(C(=O)/C=C/CN6CCC(OC)CC6)CC5)c4CO3)c12.CC#N. The van der Waals surface area contributed by atoms with Crippen molar-refractivity contribution < 1.29 is 23.7 Å². The highest BCUT2D eigenvalue weighted by molar-refractivity contribution is 5.91. The van der Waals surface area contributed by atoms with Crippen molar-refractivity contribution in [1.29, 1.82) is 5.26 Å². The lowest BCUT2D eigenvalue weighted by Gasteiger charge is -2.37. The van der Waals surface area contributed by atoms with Crippen molar-refractivity contribution in [3.63, 3.8) is 0 Å². The van der Waals surface area contributed by atoms with E-state index in [1.807, 2.05) is 23.1 Å². The number of fused-ring (bicyclic) bond motifs is 2. The van der Waals surface area contributed by atoms with Crippen molar-refractivity contribution in [2.24, 2.45) is 5.41 Å². The molecule has 4 fully saturated rings. The zero-order valence-electron chi connectivity index (χ0n) is 33.0. The number of anilines is 1. The molecule has 0 N–H and O–H groups in total. The van der Waals surface area contributed by atoms with Gasteiger partial charge in [-0.05, 0) is 42.7 Å². The summed E-state index contributed by atoms with van der Waals surface area (Å²) in [4.78, 5) is 32.4. The van der Waals surface area contributed by atoms with Crippen molar-refractivity contribution in [1.82, 2.24) is 24.7 Å². The normalized spacial score (nSPS) is 21.5. The number of benzene rings is 2. The van der Waals surface area contributed by atoms with E-state index in [2.05, 4.69) is 44.9 Å². The third-order valence-corrected chi connectivity index (χ3v) is 11.8. The highest BCUT2D eigenvalue weighted by Gasteiger charge is 2.45. The van der Waals surface area contributed by atoms with Crippen molar-refractivity contribution in [3.05, 3.63) is 70.9 Å². The van der Waals surface area contributed by atoms with E-state index in [1.54, 1.807) is 19.3 Å². The maximum Gasteiger partial charge on any atom is 0.318 e. The maximum atomic E-state index is 13.2. The Morgan fingerprint density at radius 3 is 2.45 bits per heavy atom. The van der Waals surface area contributed by atoms with Crippen LogP contribution in [0.1, 0.15) is 61.1 Å². The molecule has 4 aliphatic heterocycles. The molecule has 1 unspecified atom stereocenters. The van der Waals surface area contributed by atoms with E-state index in [9.17, 15) is 4.79 Å². The van der Waals surface area contributed by atoms with Gasteiger partial charge >= 0.3 is 6.01 Å². The summed E-state index contributed by atoms with van der Waals surface area (Å²) in [6.45, 7) is 12.3. The van der Waals surface area contributed by atoms with Crippen LogP contribution in [0.4, 0.5) is 5.82 Å². The first-order valence-electron chi connectivity index (χ1n) is 20.1. The fraction of sp³-hybridized carbons (Fsp3) is 0.545. The molecule has 3 saturated heterocycles. The van der Waals surface area contributed by atoms with Crippen LogP contribution in [0.3, 0.4) is 0 Å². The summed E-state index contributed by atoms with van der Waals surface area (Å²) in [5, 5.41) is 9.48. The number of carbonyl (C=O) groups is 1. The number of hydrogen-bond donors (Lipinski definition) is 0. The van der Waals surface area contributed by atoms with Crippen LogP contribution in [0.2, 0.25) is 0 Å². The van der Waals surface area contributed by atoms with Crippen LogP contribution < -0.4 is 9.64 Å². The summed E-state index contributed by atoms with van der Waals surface area (Å²) in [6.07, 6.45) is 14.8. The Balaban J connectivity index is 0.00000155. The minimum Gasteiger partial charge on any atom is -0.463 e. The molecule has 0 spiro atoms. The minimum absolute atomic E-state index is 0.0627. The Hall–Kier alpha value is -4.56. The van der Waals surface area contributed by atoms with E-state index in [4.69, 9.17) is 40.6 Å². The first kappa shape index (κ1) is 39.7. The van der Waals surface area contributed by atoms with Gasteiger partial charge in [0.1, 0.15) is 5.82 Å². The standard InChI is InChI=1S/C42H52N6O5.C2H3N/c1-3-31-7-4-8-32-9-5-10-34(39(31)32)37-27-36-35(28-52-37)40(44-41(43-36)53-30-42(14-15-42)29-46-23-25-51-26-24-46)48-21-19-47(20-22-48)38(49)11-6-16-45-17-12-33(50-2)13-18-45;1-2-3/h1,4-11,33,37H,12-30H2,2H3;1H3/b11-6+;. The summed E-state index contributed by atoms with van der Waals surface area (Å²) in [6, 6.07) is 14.6. The number of terminal acetylenes is 1. The Morgan fingerprint density at radius 1 is 1.02 bits per heavy atom. The molecule has 0 bridgehead atoms. The largest absolute Gasteiger partial charge is 0.463 e. The number of nitriles is 1. The van der Waals surface area contributed by atoms with E-state index in [-0.39, 0.29) is 17.4 Å². The molecule has 1 amide bonds. The number of ether oxygens (including phenoxy) is 4. The first-order chi connectivity index (χ1) is 27.4. The van der Waals surface area contributed by atoms with Crippen LogP contribution in [0.25, 0.3) is 10.8 Å². The smallest absolute Gasteiger partial charge is 0.318 e. The van der Waals surface area contributed by atoms with Gasteiger partial charge in [-0.15, -0.1) is 6.42 Å². The summed E-state index contributed by atoms with van der Waals surface area (Å²) in [5.41, 5.74) is 4.02. The molecule has 5 heterocycles. The zero-order valence-corrected chi connectivity index (χ0v) is 33.0. The molecule has 2 aromatic carbocycles. The number of amides is 1. The summed E-state index contributed by atoms with van der Waals surface area (Å²) in [5.74, 6) is 3.80. The van der Waals surface area contributed by atoms with Crippen LogP contribution in [-0.2, 0) is 32.0 Å². The van der Waals surface area contributed by atoms with Gasteiger partial charge in [-0.3, -0.25) is 14.6 Å². The third kappa shape index (κ3) is 9.51. The quantitative estimate of drug-likeness (QED) is 0.199. The number of morpholine rings is 1. The summed E-state index contributed by atoms with van der Waals surface area (Å²) in [7, 11) is 1.79. The monoisotopic (exact) mass is 761 g/mol. The maximum absolute atomic E-state index is 13.2. The fourth-order valence-electron chi connectivity index (χ4n) is 8.37. The van der Waals surface area contributed by atoms with E-state index >= 15 is 0 Å². The molecule has 1 aromatic heterocycles. The molecule has 12 nitrogen and oxygen atoms in total. The Labute approximate surface area is 331 Å². The lowest BCUT2D eigenvalue weighted by molar-refractivity contribution is -0.126. The number of piperidine rings is 1. The molecule has 5 aliphatic rings. The van der Waals surface area contributed by atoms with Crippen LogP contribution in [0, 0.1) is 29.1 Å². The highest BCUT2D eigenvalue weighted by Crippen LogP contribution is 2.47. The molecule has 12 heteroatoms. The fourth-order valence-corrected chi connectivity index (χ4v) is 8.37. The van der Waals surface area contributed by atoms with Gasteiger partial charge in [-0.2, -0.15) is 15.2 Å². The van der Waals surface area contributed by atoms with Gasteiger partial charge in [-0.25, -0.2) is 0 Å². The lowest BCUT2D eigenvalue weighted by atomic mass is 9.92. The Bertz CT molecular complexity index is 1920. The lowest BCUT2D eigenvalue weighted by Crippen LogP contribution is -2.49. The Kier molecular flexibility index (Phi) is 13.2. The third-order valence-electron chi connectivity index (χ3n) is 11.8. The minimum atomic E-state index is -0.208. The number of rotatable bonds is 11. The molecular weight excluding hydrogens is 707 g/mol. The second-order valence-corrected chi connectivity index (χ2v) is 15.5. The van der Waals surface area contributed by atoms with Crippen molar-refractivity contribution in [2.75, 3.05) is 97.3 Å². The van der Waals surface area contributed by atoms with Gasteiger partial charge in [0, 0.05) is 114 Å². The van der Waals surface area contributed by atoms with Crippen LogP contribution in [-0.4, -0.2) is 129 Å². The molecule has 296 valence electrons. The molecular formula is C44H55N7O5. The number of methoxy groups -OCH3 is 1. The predicted molar refractivity (Wildman–Crippen MR) is 215 cm³/mol. The first-order valence-corrected chi connectivity index (χ1v) is 20.1. The second-order valence-electron chi connectivity index (χ2n) is 15.5. The van der Waals surface area contributed by atoms with Gasteiger partial charge in [-0.1, -0.05) is 42.3 Å². The topological polar surface area (TPSA) is 117 Å². The average molecular weight is 762 g/mol. The average Bonchev–Trinajstić information content (AvgIpc) is 4.01.